The topological polar surface area (TPSA) is 71.5 Å². The summed E-state index contributed by atoms with van der Waals surface area (Å²) in [5.41, 5.74) is 0.591. The van der Waals surface area contributed by atoms with E-state index in [2.05, 4.69) is 15.9 Å². The fourth-order valence-corrected chi connectivity index (χ4v) is 4.63. The first-order valence-corrected chi connectivity index (χ1v) is 11.4. The monoisotopic (exact) mass is 395 g/mol. The van der Waals surface area contributed by atoms with Crippen LogP contribution in [0.4, 0.5) is 5.69 Å². The SMILES string of the molecule is CS(=O)(=O)c1ccc(N2CCC(CBr)C2)c(S(C)(=O)=O)c1. The number of hydrogen-bond donors (Lipinski definition) is 0. The van der Waals surface area contributed by atoms with Gasteiger partial charge in [-0.1, -0.05) is 15.9 Å². The van der Waals surface area contributed by atoms with Gasteiger partial charge in [-0.25, -0.2) is 16.8 Å². The lowest BCUT2D eigenvalue weighted by molar-refractivity contribution is 0.600. The Morgan fingerprint density at radius 3 is 2.33 bits per heavy atom. The van der Waals surface area contributed by atoms with Crippen molar-refractivity contribution < 1.29 is 16.8 Å². The number of hydrogen-bond acceptors (Lipinski definition) is 5. The van der Waals surface area contributed by atoms with Gasteiger partial charge in [-0.05, 0) is 30.5 Å². The highest BCUT2D eigenvalue weighted by Gasteiger charge is 2.27. The molecular weight excluding hydrogens is 378 g/mol. The fourth-order valence-electron chi connectivity index (χ4n) is 2.46. The maximum Gasteiger partial charge on any atom is 0.177 e. The van der Waals surface area contributed by atoms with Crippen molar-refractivity contribution in [3.8, 4) is 0 Å². The third-order valence-electron chi connectivity index (χ3n) is 3.60. The molecule has 1 fully saturated rings. The Balaban J connectivity index is 2.52. The fraction of sp³-hybridized carbons (Fsp3) is 0.538. The summed E-state index contributed by atoms with van der Waals surface area (Å²) in [6.07, 6.45) is 3.17. The first kappa shape index (κ1) is 16.8. The highest BCUT2D eigenvalue weighted by Crippen LogP contribution is 2.32. The summed E-state index contributed by atoms with van der Waals surface area (Å²) in [6.45, 7) is 1.54. The molecule has 0 amide bonds. The van der Waals surface area contributed by atoms with Gasteiger partial charge in [-0.2, -0.15) is 0 Å². The Kier molecular flexibility index (Phi) is 4.70. The molecule has 1 atom stereocenters. The Morgan fingerprint density at radius 2 is 1.86 bits per heavy atom. The predicted octanol–water partition coefficient (Wildman–Crippen LogP) is 1.71. The first-order valence-electron chi connectivity index (χ1n) is 6.48. The number of sulfone groups is 2. The summed E-state index contributed by atoms with van der Waals surface area (Å²) in [7, 11) is -6.93. The van der Waals surface area contributed by atoms with Gasteiger partial charge in [0.15, 0.2) is 19.7 Å². The summed E-state index contributed by atoms with van der Waals surface area (Å²) in [5, 5.41) is 0.874. The molecule has 21 heavy (non-hydrogen) atoms. The van der Waals surface area contributed by atoms with Gasteiger partial charge in [0.25, 0.3) is 0 Å². The smallest absolute Gasteiger partial charge is 0.177 e. The molecule has 1 saturated heterocycles. The van der Waals surface area contributed by atoms with E-state index in [0.717, 1.165) is 37.4 Å². The van der Waals surface area contributed by atoms with Crippen molar-refractivity contribution in [1.29, 1.82) is 0 Å². The molecule has 118 valence electrons. The lowest BCUT2D eigenvalue weighted by atomic mass is 10.2. The second kappa shape index (κ2) is 5.89. The second-order valence-electron chi connectivity index (χ2n) is 5.43. The van der Waals surface area contributed by atoms with Crippen molar-refractivity contribution >= 4 is 41.3 Å². The van der Waals surface area contributed by atoms with Gasteiger partial charge in [-0.15, -0.1) is 0 Å². The van der Waals surface area contributed by atoms with Crippen LogP contribution in [-0.4, -0.2) is 47.8 Å². The maximum absolute atomic E-state index is 12.0. The molecule has 1 aliphatic rings. The Labute approximate surface area is 134 Å². The zero-order valence-corrected chi connectivity index (χ0v) is 15.1. The van der Waals surface area contributed by atoms with Crippen LogP contribution in [0.3, 0.4) is 0 Å². The van der Waals surface area contributed by atoms with Gasteiger partial charge in [0.05, 0.1) is 15.5 Å². The molecular formula is C13H18BrNO4S2. The number of rotatable bonds is 4. The average molecular weight is 396 g/mol. The van der Waals surface area contributed by atoms with Crippen LogP contribution in [0.25, 0.3) is 0 Å². The number of alkyl halides is 1. The van der Waals surface area contributed by atoms with Crippen molar-refractivity contribution in [3.63, 3.8) is 0 Å². The Morgan fingerprint density at radius 1 is 1.19 bits per heavy atom. The van der Waals surface area contributed by atoms with Crippen LogP contribution < -0.4 is 4.90 Å². The van der Waals surface area contributed by atoms with E-state index < -0.39 is 19.7 Å². The van der Waals surface area contributed by atoms with Crippen LogP contribution in [0.5, 0.6) is 0 Å². The van der Waals surface area contributed by atoms with Crippen LogP contribution >= 0.6 is 15.9 Å². The number of benzene rings is 1. The van der Waals surface area contributed by atoms with E-state index in [1.807, 2.05) is 4.90 Å². The van der Waals surface area contributed by atoms with Gasteiger partial charge in [0, 0.05) is 30.9 Å². The van der Waals surface area contributed by atoms with Crippen LogP contribution in [0.1, 0.15) is 6.42 Å². The lowest BCUT2D eigenvalue weighted by Gasteiger charge is -2.21. The molecule has 0 saturated carbocycles. The van der Waals surface area contributed by atoms with E-state index in [-0.39, 0.29) is 9.79 Å². The lowest BCUT2D eigenvalue weighted by Crippen LogP contribution is -2.22. The van der Waals surface area contributed by atoms with Crippen molar-refractivity contribution in [2.24, 2.45) is 5.92 Å². The largest absolute Gasteiger partial charge is 0.370 e. The normalized spacial score (nSPS) is 20.0. The van der Waals surface area contributed by atoms with Gasteiger partial charge in [-0.3, -0.25) is 0 Å². The zero-order chi connectivity index (χ0) is 15.8. The van der Waals surface area contributed by atoms with E-state index in [9.17, 15) is 16.8 Å². The summed E-state index contributed by atoms with van der Waals surface area (Å²) in [5.74, 6) is 0.479. The molecule has 0 spiro atoms. The van der Waals surface area contributed by atoms with Crippen LogP contribution in [0, 0.1) is 5.92 Å². The predicted molar refractivity (Wildman–Crippen MR) is 86.8 cm³/mol. The first-order chi connectivity index (χ1) is 9.63. The minimum atomic E-state index is -3.50. The standard InChI is InChI=1S/C13H18BrNO4S2/c1-20(16,17)11-3-4-12(13(7-11)21(2,18)19)15-6-5-10(8-14)9-15/h3-4,7,10H,5-6,8-9H2,1-2H3. The quantitative estimate of drug-likeness (QED) is 0.725. The number of nitrogens with zero attached hydrogens (tertiary/aromatic N) is 1. The van der Waals surface area contributed by atoms with E-state index in [1.54, 1.807) is 6.07 Å². The van der Waals surface area contributed by atoms with E-state index in [4.69, 9.17) is 0 Å². The summed E-state index contributed by atoms with van der Waals surface area (Å²) >= 11 is 3.45. The van der Waals surface area contributed by atoms with Crippen LogP contribution in [-0.2, 0) is 19.7 Å². The van der Waals surface area contributed by atoms with E-state index in [1.165, 1.54) is 12.1 Å². The van der Waals surface area contributed by atoms with Crippen molar-refractivity contribution in [1.82, 2.24) is 0 Å². The number of halogens is 1. The molecule has 5 nitrogen and oxygen atoms in total. The highest BCUT2D eigenvalue weighted by molar-refractivity contribution is 9.09. The molecule has 0 aromatic heterocycles. The third kappa shape index (κ3) is 3.78. The molecule has 1 aliphatic heterocycles. The van der Waals surface area contributed by atoms with Gasteiger partial charge in [0.1, 0.15) is 0 Å². The molecule has 0 aliphatic carbocycles. The zero-order valence-electron chi connectivity index (χ0n) is 11.9. The average Bonchev–Trinajstić information content (AvgIpc) is 2.84. The number of anilines is 1. The van der Waals surface area contributed by atoms with Crippen molar-refractivity contribution in [2.75, 3.05) is 35.8 Å². The molecule has 8 heteroatoms. The molecule has 0 bridgehead atoms. The van der Waals surface area contributed by atoms with Gasteiger partial charge in [0.2, 0.25) is 0 Å². The van der Waals surface area contributed by atoms with E-state index in [0.29, 0.717) is 11.6 Å². The summed E-state index contributed by atoms with van der Waals surface area (Å²) in [6, 6.07) is 4.34. The maximum atomic E-state index is 12.0. The van der Waals surface area contributed by atoms with Gasteiger partial charge < -0.3 is 4.90 Å². The summed E-state index contributed by atoms with van der Waals surface area (Å²) in [4.78, 5) is 2.12. The van der Waals surface area contributed by atoms with Gasteiger partial charge >= 0.3 is 0 Å². The minimum absolute atomic E-state index is 0.0305. The van der Waals surface area contributed by atoms with Crippen molar-refractivity contribution in [2.45, 2.75) is 16.2 Å². The molecule has 0 N–H and O–H groups in total. The third-order valence-corrected chi connectivity index (χ3v) is 6.76. The summed E-state index contributed by atoms with van der Waals surface area (Å²) < 4.78 is 47.3. The molecule has 0 radical (unpaired) electrons. The molecule has 1 aromatic rings. The molecule has 1 unspecified atom stereocenters. The highest BCUT2D eigenvalue weighted by atomic mass is 79.9. The second-order valence-corrected chi connectivity index (χ2v) is 10.1. The Hall–Kier alpha value is -0.600. The van der Waals surface area contributed by atoms with Crippen LogP contribution in [0.2, 0.25) is 0 Å². The molecule has 2 rings (SSSR count). The molecule has 1 heterocycles. The molecule has 1 aromatic carbocycles. The van der Waals surface area contributed by atoms with Crippen molar-refractivity contribution in [3.05, 3.63) is 18.2 Å². The Bertz CT molecular complexity index is 743. The van der Waals surface area contributed by atoms with Crippen LogP contribution in [0.15, 0.2) is 28.0 Å². The minimum Gasteiger partial charge on any atom is -0.370 e. The van der Waals surface area contributed by atoms with E-state index >= 15 is 0 Å².